The zero-order valence-electron chi connectivity index (χ0n) is 16.0. The Hall–Kier alpha value is -3.70. The molecule has 2 heterocycles. The van der Waals surface area contributed by atoms with Gasteiger partial charge in [0.15, 0.2) is 0 Å². The molecule has 8 heteroatoms. The number of hydrogen-bond acceptors (Lipinski definition) is 7. The van der Waals surface area contributed by atoms with Gasteiger partial charge in [-0.15, -0.1) is 12.6 Å². The molecule has 0 radical (unpaired) electrons. The van der Waals surface area contributed by atoms with E-state index in [0.29, 0.717) is 27.3 Å². The molecule has 2 aromatic carbocycles. The molecule has 148 valence electrons. The molecule has 0 amide bonds. The lowest BCUT2D eigenvalue weighted by Crippen LogP contribution is -2.14. The van der Waals surface area contributed by atoms with Gasteiger partial charge in [0.1, 0.15) is 35.4 Å². The summed E-state index contributed by atoms with van der Waals surface area (Å²) in [5.74, 6) is 0.0631. The third-order valence-corrected chi connectivity index (χ3v) is 5.23. The van der Waals surface area contributed by atoms with Gasteiger partial charge in [0.05, 0.1) is 17.3 Å². The number of thiol groups is 1. The molecule has 2 aromatic heterocycles. The fourth-order valence-electron chi connectivity index (χ4n) is 3.33. The second kappa shape index (κ2) is 7.97. The predicted octanol–water partition coefficient (Wildman–Crippen LogP) is 4.75. The largest absolute Gasteiger partial charge is 0.382 e. The molecule has 0 aliphatic heterocycles. The van der Waals surface area contributed by atoms with Gasteiger partial charge in [-0.1, -0.05) is 30.3 Å². The number of fused-ring (bicyclic) bond motifs is 1. The van der Waals surface area contributed by atoms with Crippen molar-refractivity contribution >= 4 is 35.2 Å². The van der Waals surface area contributed by atoms with Crippen molar-refractivity contribution in [1.82, 2.24) is 15.0 Å². The molecule has 0 saturated heterocycles. The van der Waals surface area contributed by atoms with E-state index >= 15 is 0 Å². The number of nitrogens with two attached hydrogens (primary N) is 1. The number of halogens is 1. The van der Waals surface area contributed by atoms with Gasteiger partial charge in [-0.3, -0.25) is 0 Å². The van der Waals surface area contributed by atoms with Gasteiger partial charge in [0, 0.05) is 15.8 Å². The van der Waals surface area contributed by atoms with Gasteiger partial charge in [-0.25, -0.2) is 19.3 Å². The zero-order chi connectivity index (χ0) is 21.3. The van der Waals surface area contributed by atoms with E-state index in [1.807, 2.05) is 43.3 Å². The number of nitrogen functional groups attached to an aromatic ring is 1. The van der Waals surface area contributed by atoms with E-state index in [1.165, 1.54) is 18.5 Å². The first kappa shape index (κ1) is 19.6. The third-order valence-electron chi connectivity index (χ3n) is 4.76. The summed E-state index contributed by atoms with van der Waals surface area (Å²) in [5, 5.41) is 13.2. The fraction of sp³-hybridized carbons (Fsp3) is 0.0909. The molecule has 0 saturated carbocycles. The van der Waals surface area contributed by atoms with Gasteiger partial charge >= 0.3 is 0 Å². The van der Waals surface area contributed by atoms with E-state index in [9.17, 15) is 9.65 Å². The number of nitrogens with one attached hydrogen (secondary N) is 1. The van der Waals surface area contributed by atoms with Gasteiger partial charge in [-0.05, 0) is 30.7 Å². The molecule has 3 N–H and O–H groups in total. The molecule has 4 aromatic rings. The number of rotatable bonds is 4. The average molecular weight is 416 g/mol. The van der Waals surface area contributed by atoms with Crippen LogP contribution in [0.15, 0.2) is 59.8 Å². The molecular weight excluding hydrogens is 399 g/mol. The second-order valence-electron chi connectivity index (χ2n) is 6.71. The summed E-state index contributed by atoms with van der Waals surface area (Å²) < 4.78 is 13.9. The maximum atomic E-state index is 13.9. The Balaban J connectivity index is 1.90. The molecule has 1 atom stereocenters. The highest BCUT2D eigenvalue weighted by Crippen LogP contribution is 2.38. The minimum Gasteiger partial charge on any atom is -0.382 e. The fourth-order valence-corrected chi connectivity index (χ4v) is 3.75. The van der Waals surface area contributed by atoms with E-state index in [-0.39, 0.29) is 23.2 Å². The maximum Gasteiger partial charge on any atom is 0.150 e. The molecule has 0 fully saturated rings. The Morgan fingerprint density at radius 2 is 1.93 bits per heavy atom. The topological polar surface area (TPSA) is 101 Å². The third kappa shape index (κ3) is 3.51. The van der Waals surface area contributed by atoms with Gasteiger partial charge in [0.2, 0.25) is 0 Å². The lowest BCUT2D eigenvalue weighted by Gasteiger charge is -2.21. The van der Waals surface area contributed by atoms with Crippen molar-refractivity contribution < 1.29 is 4.39 Å². The Bertz CT molecular complexity index is 1290. The number of nitrogens with zero attached hydrogens (tertiary/aromatic N) is 4. The summed E-state index contributed by atoms with van der Waals surface area (Å²) in [5.41, 5.74) is 8.95. The number of hydrogen-bond donors (Lipinski definition) is 3. The van der Waals surface area contributed by atoms with Crippen LogP contribution in [0.1, 0.15) is 24.2 Å². The van der Waals surface area contributed by atoms with Crippen LogP contribution in [0.4, 0.5) is 16.0 Å². The highest BCUT2D eigenvalue weighted by Gasteiger charge is 2.21. The highest BCUT2D eigenvalue weighted by molar-refractivity contribution is 7.80. The van der Waals surface area contributed by atoms with Crippen LogP contribution in [0.25, 0.3) is 22.0 Å². The minimum absolute atomic E-state index is 0.0994. The summed E-state index contributed by atoms with van der Waals surface area (Å²) in [6.07, 6.45) is 1.30. The summed E-state index contributed by atoms with van der Waals surface area (Å²) in [6, 6.07) is 15.7. The molecule has 0 spiro atoms. The maximum absolute atomic E-state index is 13.9. The van der Waals surface area contributed by atoms with Gasteiger partial charge < -0.3 is 11.1 Å². The van der Waals surface area contributed by atoms with E-state index in [4.69, 9.17) is 23.3 Å². The van der Waals surface area contributed by atoms with Crippen molar-refractivity contribution in [3.8, 4) is 17.2 Å². The van der Waals surface area contributed by atoms with Crippen molar-refractivity contribution in [1.29, 1.82) is 5.26 Å². The summed E-state index contributed by atoms with van der Waals surface area (Å²) in [6.45, 7) is 1.90. The van der Waals surface area contributed by atoms with Crippen molar-refractivity contribution in [3.63, 3.8) is 0 Å². The molecule has 30 heavy (non-hydrogen) atoms. The Morgan fingerprint density at radius 1 is 1.17 bits per heavy atom. The highest BCUT2D eigenvalue weighted by atomic mass is 32.1. The van der Waals surface area contributed by atoms with E-state index in [2.05, 4.69) is 15.3 Å². The molecule has 0 bridgehead atoms. The van der Waals surface area contributed by atoms with E-state index in [0.717, 1.165) is 11.1 Å². The molecule has 0 aliphatic carbocycles. The van der Waals surface area contributed by atoms with Crippen LogP contribution in [0, 0.1) is 17.1 Å². The smallest absolute Gasteiger partial charge is 0.150 e. The number of anilines is 2. The average Bonchev–Trinajstić information content (AvgIpc) is 2.75. The normalized spacial score (nSPS) is 11.8. The molecule has 0 aliphatic rings. The number of aromatic nitrogens is 3. The lowest BCUT2D eigenvalue weighted by molar-refractivity contribution is 0.629. The van der Waals surface area contributed by atoms with Crippen molar-refractivity contribution in [2.45, 2.75) is 17.9 Å². The quantitative estimate of drug-likeness (QED) is 0.415. The van der Waals surface area contributed by atoms with E-state index in [1.54, 1.807) is 6.07 Å². The molecule has 1 unspecified atom stereocenters. The number of pyridine rings is 1. The summed E-state index contributed by atoms with van der Waals surface area (Å²) >= 11 is 4.74. The summed E-state index contributed by atoms with van der Waals surface area (Å²) in [7, 11) is 0. The SMILES string of the molecule is CC(Nc1ncnc(N)c1C#N)c1nc2ccc(F)cc2c(S)c1-c1ccccc1. The minimum atomic E-state index is -0.359. The van der Waals surface area contributed by atoms with Crippen LogP contribution in [0.3, 0.4) is 0 Å². The van der Waals surface area contributed by atoms with Gasteiger partial charge in [0.25, 0.3) is 0 Å². The molecule has 6 nitrogen and oxygen atoms in total. The Morgan fingerprint density at radius 3 is 2.67 bits per heavy atom. The van der Waals surface area contributed by atoms with Gasteiger partial charge in [-0.2, -0.15) is 5.26 Å². The van der Waals surface area contributed by atoms with Crippen LogP contribution >= 0.6 is 12.6 Å². The van der Waals surface area contributed by atoms with Crippen LogP contribution in [0.2, 0.25) is 0 Å². The zero-order valence-corrected chi connectivity index (χ0v) is 16.9. The van der Waals surface area contributed by atoms with Crippen molar-refractivity contribution in [2.75, 3.05) is 11.1 Å². The molecular formula is C22H17FN6S. The first-order chi connectivity index (χ1) is 14.5. The van der Waals surface area contributed by atoms with Crippen molar-refractivity contribution in [3.05, 3.63) is 71.9 Å². The number of benzene rings is 2. The van der Waals surface area contributed by atoms with E-state index < -0.39 is 0 Å². The number of nitriles is 1. The summed E-state index contributed by atoms with van der Waals surface area (Å²) in [4.78, 5) is 13.4. The predicted molar refractivity (Wildman–Crippen MR) is 118 cm³/mol. The van der Waals surface area contributed by atoms with Crippen LogP contribution in [0.5, 0.6) is 0 Å². The van der Waals surface area contributed by atoms with Crippen molar-refractivity contribution in [2.24, 2.45) is 0 Å². The monoisotopic (exact) mass is 416 g/mol. The molecule has 4 rings (SSSR count). The first-order valence-corrected chi connectivity index (χ1v) is 9.59. The Kier molecular flexibility index (Phi) is 5.21. The second-order valence-corrected chi connectivity index (χ2v) is 7.16. The van der Waals surface area contributed by atoms with Crippen LogP contribution in [-0.4, -0.2) is 15.0 Å². The first-order valence-electron chi connectivity index (χ1n) is 9.14. The van der Waals surface area contributed by atoms with Crippen LogP contribution < -0.4 is 11.1 Å². The Labute approximate surface area is 178 Å². The van der Waals surface area contributed by atoms with Crippen LogP contribution in [-0.2, 0) is 0 Å². The standard InChI is InChI=1S/C22H17FN6S/c1-12(28-22-16(10-24)21(25)26-11-27-22)19-18(13-5-3-2-4-6-13)20(30)15-9-14(23)7-8-17(15)29-19/h2-9,11-12H,1H3,(H,29,30)(H3,25,26,27,28). The lowest BCUT2D eigenvalue weighted by atomic mass is 9.97.